The molecule has 24 heavy (non-hydrogen) atoms. The molecular weight excluding hydrogens is 298 g/mol. The van der Waals surface area contributed by atoms with Crippen molar-refractivity contribution in [3.8, 4) is 0 Å². The van der Waals surface area contributed by atoms with Crippen LogP contribution in [0.2, 0.25) is 0 Å². The molecule has 0 radical (unpaired) electrons. The Morgan fingerprint density at radius 3 is 2.17 bits per heavy atom. The van der Waals surface area contributed by atoms with Crippen molar-refractivity contribution >= 4 is 17.3 Å². The van der Waals surface area contributed by atoms with Crippen LogP contribution in [0, 0.1) is 0 Å². The highest BCUT2D eigenvalue weighted by Gasteiger charge is 2.13. The van der Waals surface area contributed by atoms with E-state index in [9.17, 15) is 4.79 Å². The van der Waals surface area contributed by atoms with Gasteiger partial charge < -0.3 is 10.2 Å². The van der Waals surface area contributed by atoms with Crippen molar-refractivity contribution in [2.75, 3.05) is 36.9 Å². The molecule has 1 N–H and O–H groups in total. The average molecular weight is 325 g/mol. The van der Waals surface area contributed by atoms with Crippen LogP contribution in [0.25, 0.3) is 0 Å². The Balaban J connectivity index is 1.92. The minimum atomic E-state index is 0.115. The first-order valence-corrected chi connectivity index (χ1v) is 8.50. The van der Waals surface area contributed by atoms with Crippen LogP contribution >= 0.6 is 0 Å². The van der Waals surface area contributed by atoms with E-state index in [1.807, 2.05) is 49.5 Å². The largest absolute Gasteiger partial charge is 0.381 e. The zero-order valence-corrected chi connectivity index (χ0v) is 14.8. The second kappa shape index (κ2) is 9.08. The minimum absolute atomic E-state index is 0.115. The quantitative estimate of drug-likeness (QED) is 0.805. The van der Waals surface area contributed by atoms with E-state index in [-0.39, 0.29) is 5.91 Å². The second-order valence-electron chi connectivity index (χ2n) is 5.80. The molecule has 2 aromatic carbocycles. The molecule has 2 aromatic rings. The molecule has 128 valence electrons. The van der Waals surface area contributed by atoms with Crippen LogP contribution in [0.1, 0.15) is 19.4 Å². The molecule has 0 heterocycles. The van der Waals surface area contributed by atoms with Gasteiger partial charge in [-0.1, -0.05) is 44.2 Å². The molecule has 0 atom stereocenters. The van der Waals surface area contributed by atoms with E-state index in [1.165, 1.54) is 5.56 Å². The maximum Gasteiger partial charge on any atom is 0.240 e. The SMILES string of the molecule is CCN(CC)CC(=O)N(C)c1ccc(NCc2ccccc2)cc1. The van der Waals surface area contributed by atoms with Gasteiger partial charge in [-0.25, -0.2) is 0 Å². The standard InChI is InChI=1S/C20H27N3O/c1-4-23(5-2)16-20(24)22(3)19-13-11-18(12-14-19)21-15-17-9-7-6-8-10-17/h6-14,21H,4-5,15-16H2,1-3H3. The lowest BCUT2D eigenvalue weighted by atomic mass is 10.2. The van der Waals surface area contributed by atoms with Gasteiger partial charge in [-0.2, -0.15) is 0 Å². The number of carbonyl (C=O) groups excluding carboxylic acids is 1. The van der Waals surface area contributed by atoms with E-state index in [0.717, 1.165) is 31.0 Å². The summed E-state index contributed by atoms with van der Waals surface area (Å²) in [4.78, 5) is 16.2. The Morgan fingerprint density at radius 1 is 0.958 bits per heavy atom. The van der Waals surface area contributed by atoms with Gasteiger partial charge >= 0.3 is 0 Å². The molecule has 0 aliphatic rings. The number of hydrogen-bond acceptors (Lipinski definition) is 3. The molecule has 0 saturated heterocycles. The van der Waals surface area contributed by atoms with Crippen molar-refractivity contribution in [2.24, 2.45) is 0 Å². The maximum absolute atomic E-state index is 12.3. The summed E-state index contributed by atoms with van der Waals surface area (Å²) in [6.45, 7) is 7.17. The van der Waals surface area contributed by atoms with Gasteiger partial charge in [0.15, 0.2) is 0 Å². The van der Waals surface area contributed by atoms with Crippen LogP contribution in [0.15, 0.2) is 54.6 Å². The van der Waals surface area contributed by atoms with Crippen molar-refractivity contribution in [3.05, 3.63) is 60.2 Å². The molecule has 0 aromatic heterocycles. The molecule has 0 unspecified atom stereocenters. The van der Waals surface area contributed by atoms with Crippen molar-refractivity contribution in [3.63, 3.8) is 0 Å². The highest BCUT2D eigenvalue weighted by atomic mass is 16.2. The molecule has 0 saturated carbocycles. The Kier molecular flexibility index (Phi) is 6.82. The van der Waals surface area contributed by atoms with Gasteiger partial charge in [0, 0.05) is 25.0 Å². The molecule has 0 aliphatic heterocycles. The Labute approximate surface area is 145 Å². The molecule has 4 heteroatoms. The maximum atomic E-state index is 12.3. The van der Waals surface area contributed by atoms with Crippen molar-refractivity contribution in [2.45, 2.75) is 20.4 Å². The van der Waals surface area contributed by atoms with Crippen LogP contribution in [-0.2, 0) is 11.3 Å². The number of hydrogen-bond donors (Lipinski definition) is 1. The summed E-state index contributed by atoms with van der Waals surface area (Å²) < 4.78 is 0. The Bertz CT molecular complexity index is 621. The normalized spacial score (nSPS) is 10.7. The van der Waals surface area contributed by atoms with Crippen LogP contribution < -0.4 is 10.2 Å². The zero-order valence-electron chi connectivity index (χ0n) is 14.8. The van der Waals surface area contributed by atoms with Gasteiger partial charge in [0.1, 0.15) is 0 Å². The monoisotopic (exact) mass is 325 g/mol. The topological polar surface area (TPSA) is 35.6 Å². The average Bonchev–Trinajstić information content (AvgIpc) is 2.65. The first-order valence-electron chi connectivity index (χ1n) is 8.50. The summed E-state index contributed by atoms with van der Waals surface area (Å²) in [6.07, 6.45) is 0. The molecule has 0 spiro atoms. The summed E-state index contributed by atoms with van der Waals surface area (Å²) in [5, 5.41) is 3.40. The third kappa shape index (κ3) is 5.10. The first-order chi connectivity index (χ1) is 11.6. The minimum Gasteiger partial charge on any atom is -0.381 e. The summed E-state index contributed by atoms with van der Waals surface area (Å²) >= 11 is 0. The zero-order chi connectivity index (χ0) is 17.4. The van der Waals surface area contributed by atoms with Crippen molar-refractivity contribution in [1.29, 1.82) is 0 Å². The fourth-order valence-electron chi connectivity index (χ4n) is 2.49. The fraction of sp³-hybridized carbons (Fsp3) is 0.350. The van der Waals surface area contributed by atoms with E-state index in [4.69, 9.17) is 0 Å². The molecule has 0 bridgehead atoms. The number of nitrogens with one attached hydrogen (secondary N) is 1. The third-order valence-corrected chi connectivity index (χ3v) is 4.22. The Morgan fingerprint density at radius 2 is 1.58 bits per heavy atom. The highest BCUT2D eigenvalue weighted by Crippen LogP contribution is 2.18. The summed E-state index contributed by atoms with van der Waals surface area (Å²) in [5.41, 5.74) is 3.21. The van der Waals surface area contributed by atoms with Crippen LogP contribution in [0.3, 0.4) is 0 Å². The lowest BCUT2D eigenvalue weighted by Gasteiger charge is -2.23. The van der Waals surface area contributed by atoms with Crippen molar-refractivity contribution in [1.82, 2.24) is 4.90 Å². The van der Waals surface area contributed by atoms with Crippen LogP contribution in [0.5, 0.6) is 0 Å². The van der Waals surface area contributed by atoms with E-state index in [1.54, 1.807) is 4.90 Å². The fourth-order valence-corrected chi connectivity index (χ4v) is 2.49. The van der Waals surface area contributed by atoms with E-state index < -0.39 is 0 Å². The number of carbonyl (C=O) groups is 1. The van der Waals surface area contributed by atoms with Crippen molar-refractivity contribution < 1.29 is 4.79 Å². The van der Waals surface area contributed by atoms with Gasteiger partial charge in [0.05, 0.1) is 6.54 Å². The number of benzene rings is 2. The van der Waals surface area contributed by atoms with Gasteiger partial charge in [0.2, 0.25) is 5.91 Å². The number of anilines is 2. The lowest BCUT2D eigenvalue weighted by Crippen LogP contribution is -2.38. The molecule has 4 nitrogen and oxygen atoms in total. The number of nitrogens with zero attached hydrogens (tertiary/aromatic N) is 2. The number of rotatable bonds is 8. The lowest BCUT2D eigenvalue weighted by molar-refractivity contribution is -0.119. The summed E-state index contributed by atoms with van der Waals surface area (Å²) in [7, 11) is 1.83. The number of amides is 1. The summed E-state index contributed by atoms with van der Waals surface area (Å²) in [5.74, 6) is 0.115. The third-order valence-electron chi connectivity index (χ3n) is 4.22. The molecule has 1 amide bonds. The molecule has 2 rings (SSSR count). The van der Waals surface area contributed by atoms with Crippen LogP contribution in [0.4, 0.5) is 11.4 Å². The van der Waals surface area contributed by atoms with Gasteiger partial charge in [0.25, 0.3) is 0 Å². The van der Waals surface area contributed by atoms with Gasteiger partial charge in [-0.15, -0.1) is 0 Å². The highest BCUT2D eigenvalue weighted by molar-refractivity contribution is 5.94. The summed E-state index contributed by atoms with van der Waals surface area (Å²) in [6, 6.07) is 18.3. The van der Waals surface area contributed by atoms with E-state index in [0.29, 0.717) is 6.54 Å². The smallest absolute Gasteiger partial charge is 0.240 e. The Hall–Kier alpha value is -2.33. The number of likely N-dealkylation sites (N-methyl/N-ethyl adjacent to an activating group) is 2. The van der Waals surface area contributed by atoms with E-state index in [2.05, 4.69) is 36.2 Å². The van der Waals surface area contributed by atoms with E-state index >= 15 is 0 Å². The molecule has 0 aliphatic carbocycles. The predicted octanol–water partition coefficient (Wildman–Crippen LogP) is 3.60. The van der Waals surface area contributed by atoms with Crippen LogP contribution in [-0.4, -0.2) is 37.5 Å². The predicted molar refractivity (Wildman–Crippen MR) is 101 cm³/mol. The molecule has 0 fully saturated rings. The van der Waals surface area contributed by atoms with Gasteiger partial charge in [-0.05, 0) is 42.9 Å². The first kappa shape index (κ1) is 18.0. The molecular formula is C20H27N3O. The second-order valence-corrected chi connectivity index (χ2v) is 5.80. The van der Waals surface area contributed by atoms with Gasteiger partial charge in [-0.3, -0.25) is 9.69 Å².